The highest BCUT2D eigenvalue weighted by Gasteiger charge is 1.97. The van der Waals surface area contributed by atoms with Crippen LogP contribution >= 0.6 is 0 Å². The second kappa shape index (κ2) is 9.72. The summed E-state index contributed by atoms with van der Waals surface area (Å²) >= 11 is 0. The molecule has 0 atom stereocenters. The largest absolute Gasteiger partial charge is 0.489 e. The van der Waals surface area contributed by atoms with E-state index in [0.29, 0.717) is 6.61 Å². The van der Waals surface area contributed by atoms with E-state index in [1.807, 2.05) is 24.3 Å². The fourth-order valence-electron chi connectivity index (χ4n) is 1.75. The average molecular weight is 284 g/mol. The van der Waals surface area contributed by atoms with E-state index in [1.54, 1.807) is 0 Å². The summed E-state index contributed by atoms with van der Waals surface area (Å²) in [5.74, 6) is 3.96. The molecule has 1 rings (SSSR count). The van der Waals surface area contributed by atoms with Gasteiger partial charge in [-0.05, 0) is 51.8 Å². The van der Waals surface area contributed by atoms with Gasteiger partial charge < -0.3 is 9.47 Å². The molecule has 0 fully saturated rings. The minimum atomic E-state index is 0.271. The minimum absolute atomic E-state index is 0.271. The molecule has 0 aliphatic rings. The van der Waals surface area contributed by atoms with Gasteiger partial charge in [0.05, 0.1) is 0 Å². The van der Waals surface area contributed by atoms with Gasteiger partial charge >= 0.3 is 0 Å². The highest BCUT2D eigenvalue weighted by Crippen LogP contribution is 2.19. The molecule has 1 aromatic rings. The van der Waals surface area contributed by atoms with Crippen molar-refractivity contribution in [1.82, 2.24) is 0 Å². The second-order valence-corrected chi connectivity index (χ2v) is 5.15. The van der Waals surface area contributed by atoms with Crippen molar-refractivity contribution in [3.05, 3.63) is 47.6 Å². The normalized spacial score (nSPS) is 10.7. The zero-order valence-corrected chi connectivity index (χ0v) is 13.2. The number of rotatable bonds is 8. The summed E-state index contributed by atoms with van der Waals surface area (Å²) in [5.41, 5.74) is 2.70. The smallest absolute Gasteiger partial charge is 0.148 e. The Morgan fingerprint density at radius 1 is 1.14 bits per heavy atom. The number of ether oxygens (including phenoxy) is 2. The van der Waals surface area contributed by atoms with Crippen molar-refractivity contribution in [2.24, 2.45) is 0 Å². The van der Waals surface area contributed by atoms with E-state index in [9.17, 15) is 0 Å². The lowest BCUT2D eigenvalue weighted by atomic mass is 10.1. The van der Waals surface area contributed by atoms with Crippen LogP contribution in [0.1, 0.15) is 33.6 Å². The summed E-state index contributed by atoms with van der Waals surface area (Å²) in [6.45, 7) is 7.22. The highest BCUT2D eigenvalue weighted by molar-refractivity contribution is 5.33. The molecule has 1 aromatic carbocycles. The first-order valence-corrected chi connectivity index (χ1v) is 7.20. The summed E-state index contributed by atoms with van der Waals surface area (Å²) in [7, 11) is 0. The fraction of sp³-hybridized carbons (Fsp3) is 0.368. The van der Waals surface area contributed by atoms with Gasteiger partial charge in [-0.25, -0.2) is 0 Å². The van der Waals surface area contributed by atoms with Crippen LogP contribution in [0.3, 0.4) is 0 Å². The first kappa shape index (κ1) is 16.9. The first-order valence-electron chi connectivity index (χ1n) is 7.20. The molecular weight excluding hydrogens is 260 g/mol. The lowest BCUT2D eigenvalue weighted by Gasteiger charge is -2.07. The topological polar surface area (TPSA) is 18.5 Å². The predicted octanol–water partition coefficient (Wildman–Crippen LogP) is 4.77. The van der Waals surface area contributed by atoms with E-state index >= 15 is 0 Å². The van der Waals surface area contributed by atoms with Crippen molar-refractivity contribution in [1.29, 1.82) is 0 Å². The first-order chi connectivity index (χ1) is 10.1. The van der Waals surface area contributed by atoms with Gasteiger partial charge in [0, 0.05) is 6.07 Å². The van der Waals surface area contributed by atoms with Crippen molar-refractivity contribution in [3.63, 3.8) is 0 Å². The Kier molecular flexibility index (Phi) is 7.82. The van der Waals surface area contributed by atoms with Gasteiger partial charge in [0.15, 0.2) is 0 Å². The number of hydrogen-bond donors (Lipinski definition) is 0. The van der Waals surface area contributed by atoms with E-state index in [-0.39, 0.29) is 6.61 Å². The monoisotopic (exact) mass is 284 g/mol. The van der Waals surface area contributed by atoms with Crippen LogP contribution in [-0.2, 0) is 0 Å². The highest BCUT2D eigenvalue weighted by atomic mass is 16.5. The standard InChI is InChI=1S/C19H24O2/c1-5-13-20-18-10-7-11-19(15-18)21-14-12-17(4)9-6-8-16(2)3/h1,7-8,10-12,15H,6,9,13-14H2,2-4H3. The molecule has 0 spiro atoms. The number of benzene rings is 1. The van der Waals surface area contributed by atoms with Gasteiger partial charge in [0.2, 0.25) is 0 Å². The van der Waals surface area contributed by atoms with Crippen LogP contribution in [0.2, 0.25) is 0 Å². The number of allylic oxidation sites excluding steroid dienone is 3. The summed E-state index contributed by atoms with van der Waals surface area (Å²) in [4.78, 5) is 0. The Morgan fingerprint density at radius 2 is 1.86 bits per heavy atom. The average Bonchev–Trinajstić information content (AvgIpc) is 2.45. The molecular formula is C19H24O2. The van der Waals surface area contributed by atoms with Crippen LogP contribution in [0.4, 0.5) is 0 Å². The third-order valence-corrected chi connectivity index (χ3v) is 2.90. The van der Waals surface area contributed by atoms with Crippen molar-refractivity contribution < 1.29 is 9.47 Å². The molecule has 21 heavy (non-hydrogen) atoms. The van der Waals surface area contributed by atoms with Crippen LogP contribution in [-0.4, -0.2) is 13.2 Å². The Balaban J connectivity index is 2.41. The van der Waals surface area contributed by atoms with Crippen molar-refractivity contribution in [3.8, 4) is 23.8 Å². The Hall–Kier alpha value is -2.14. The van der Waals surface area contributed by atoms with E-state index in [2.05, 4.69) is 38.8 Å². The molecule has 112 valence electrons. The van der Waals surface area contributed by atoms with E-state index < -0.39 is 0 Å². The summed E-state index contributed by atoms with van der Waals surface area (Å²) in [5, 5.41) is 0. The molecule has 0 aromatic heterocycles. The fourth-order valence-corrected chi connectivity index (χ4v) is 1.75. The van der Waals surface area contributed by atoms with Crippen LogP contribution in [0.5, 0.6) is 11.5 Å². The maximum atomic E-state index is 5.70. The third-order valence-electron chi connectivity index (χ3n) is 2.90. The molecule has 0 N–H and O–H groups in total. The maximum Gasteiger partial charge on any atom is 0.148 e. The van der Waals surface area contributed by atoms with E-state index in [4.69, 9.17) is 15.9 Å². The zero-order chi connectivity index (χ0) is 15.5. The molecule has 0 unspecified atom stereocenters. The third kappa shape index (κ3) is 7.89. The van der Waals surface area contributed by atoms with Crippen LogP contribution in [0.25, 0.3) is 0 Å². The molecule has 0 aliphatic heterocycles. The summed E-state index contributed by atoms with van der Waals surface area (Å²) < 4.78 is 11.1. The van der Waals surface area contributed by atoms with Crippen molar-refractivity contribution in [2.75, 3.05) is 13.2 Å². The van der Waals surface area contributed by atoms with Crippen LogP contribution in [0, 0.1) is 12.3 Å². The van der Waals surface area contributed by atoms with Gasteiger partial charge in [0.1, 0.15) is 24.7 Å². The Labute approximate surface area is 128 Å². The minimum Gasteiger partial charge on any atom is -0.489 e. The lowest BCUT2D eigenvalue weighted by Crippen LogP contribution is -1.97. The molecule has 0 saturated heterocycles. The molecule has 0 aliphatic carbocycles. The van der Waals surface area contributed by atoms with Crippen molar-refractivity contribution in [2.45, 2.75) is 33.6 Å². The van der Waals surface area contributed by atoms with Gasteiger partial charge in [-0.1, -0.05) is 29.2 Å². The Morgan fingerprint density at radius 3 is 2.52 bits per heavy atom. The number of terminal acetylenes is 1. The van der Waals surface area contributed by atoms with Crippen LogP contribution in [0.15, 0.2) is 47.6 Å². The predicted molar refractivity (Wildman–Crippen MR) is 88.7 cm³/mol. The van der Waals surface area contributed by atoms with E-state index in [0.717, 1.165) is 24.3 Å². The SMILES string of the molecule is C#CCOc1cccc(OCC=C(C)CCC=C(C)C)c1. The molecule has 0 heterocycles. The van der Waals surface area contributed by atoms with Gasteiger partial charge in [0.25, 0.3) is 0 Å². The summed E-state index contributed by atoms with van der Waals surface area (Å²) in [6.07, 6.45) is 11.7. The Bertz CT molecular complexity index is 529. The molecule has 0 amide bonds. The molecule has 0 saturated carbocycles. The number of hydrogen-bond acceptors (Lipinski definition) is 2. The van der Waals surface area contributed by atoms with Crippen molar-refractivity contribution >= 4 is 0 Å². The second-order valence-electron chi connectivity index (χ2n) is 5.15. The van der Waals surface area contributed by atoms with Gasteiger partial charge in [-0.3, -0.25) is 0 Å². The van der Waals surface area contributed by atoms with E-state index in [1.165, 1.54) is 11.1 Å². The molecule has 2 nitrogen and oxygen atoms in total. The summed E-state index contributed by atoms with van der Waals surface area (Å²) in [6, 6.07) is 7.52. The molecule has 2 heteroatoms. The zero-order valence-electron chi connectivity index (χ0n) is 13.2. The van der Waals surface area contributed by atoms with Gasteiger partial charge in [-0.15, -0.1) is 6.42 Å². The van der Waals surface area contributed by atoms with Crippen LogP contribution < -0.4 is 9.47 Å². The maximum absolute atomic E-state index is 5.70. The molecule has 0 radical (unpaired) electrons. The lowest BCUT2D eigenvalue weighted by molar-refractivity contribution is 0.347. The molecule has 0 bridgehead atoms. The van der Waals surface area contributed by atoms with Gasteiger partial charge in [-0.2, -0.15) is 0 Å². The quantitative estimate of drug-likeness (QED) is 0.505.